The van der Waals surface area contributed by atoms with Crippen molar-refractivity contribution in [2.24, 2.45) is 5.92 Å². The summed E-state index contributed by atoms with van der Waals surface area (Å²) >= 11 is 1.86. The second-order valence-corrected chi connectivity index (χ2v) is 4.76. The third-order valence-corrected chi connectivity index (χ3v) is 3.63. The van der Waals surface area contributed by atoms with Gasteiger partial charge in [0.25, 0.3) is 0 Å². The lowest BCUT2D eigenvalue weighted by atomic mass is 10.0. The lowest BCUT2D eigenvalue weighted by Crippen LogP contribution is -2.31. The highest BCUT2D eigenvalue weighted by Gasteiger charge is 2.12. The number of esters is 1. The van der Waals surface area contributed by atoms with Crippen LogP contribution < -0.4 is 5.32 Å². The van der Waals surface area contributed by atoms with E-state index in [4.69, 9.17) is 0 Å². The van der Waals surface area contributed by atoms with Crippen molar-refractivity contribution in [3.8, 4) is 0 Å². The van der Waals surface area contributed by atoms with Gasteiger partial charge >= 0.3 is 5.97 Å². The van der Waals surface area contributed by atoms with Gasteiger partial charge in [0.1, 0.15) is 0 Å². The summed E-state index contributed by atoms with van der Waals surface area (Å²) in [6, 6.07) is 0. The predicted octanol–water partition coefficient (Wildman–Crippen LogP) is 1.70. The van der Waals surface area contributed by atoms with Crippen molar-refractivity contribution in [1.29, 1.82) is 0 Å². The van der Waals surface area contributed by atoms with Gasteiger partial charge in [-0.25, -0.2) is 0 Å². The molecule has 1 rings (SSSR count). The zero-order valence-electron chi connectivity index (χ0n) is 9.16. The molecule has 0 aromatic heterocycles. The van der Waals surface area contributed by atoms with Crippen LogP contribution >= 0.6 is 24.2 Å². The summed E-state index contributed by atoms with van der Waals surface area (Å²) in [6.45, 7) is 2.31. The van der Waals surface area contributed by atoms with E-state index in [0.29, 0.717) is 6.42 Å². The molecule has 0 aliphatic carbocycles. The first kappa shape index (κ1) is 15.1. The smallest absolute Gasteiger partial charge is 0.306 e. The molecule has 0 radical (unpaired) electrons. The van der Waals surface area contributed by atoms with Gasteiger partial charge in [-0.3, -0.25) is 4.79 Å². The third-order valence-electron chi connectivity index (χ3n) is 2.43. The maximum atomic E-state index is 10.8. The first-order valence-electron chi connectivity index (χ1n) is 5.18. The quantitative estimate of drug-likeness (QED) is 0.598. The zero-order valence-corrected chi connectivity index (χ0v) is 10.8. The van der Waals surface area contributed by atoms with Crippen LogP contribution in [0.4, 0.5) is 0 Å². The van der Waals surface area contributed by atoms with Crippen LogP contribution in [0.5, 0.6) is 0 Å². The Kier molecular flexibility index (Phi) is 9.35. The highest BCUT2D eigenvalue weighted by atomic mass is 35.5. The summed E-state index contributed by atoms with van der Waals surface area (Å²) < 4.78 is 4.58. The molecule has 0 aromatic carbocycles. The molecule has 1 unspecified atom stereocenters. The van der Waals surface area contributed by atoms with Crippen molar-refractivity contribution in [2.75, 3.05) is 31.7 Å². The highest BCUT2D eigenvalue weighted by molar-refractivity contribution is 7.99. The van der Waals surface area contributed by atoms with Crippen molar-refractivity contribution < 1.29 is 9.53 Å². The van der Waals surface area contributed by atoms with Gasteiger partial charge in [0.05, 0.1) is 13.5 Å². The van der Waals surface area contributed by atoms with Crippen molar-refractivity contribution in [3.05, 3.63) is 0 Å². The number of halogens is 1. The van der Waals surface area contributed by atoms with Gasteiger partial charge in [-0.1, -0.05) is 0 Å². The summed E-state index contributed by atoms with van der Waals surface area (Å²) in [7, 11) is 1.44. The molecule has 15 heavy (non-hydrogen) atoms. The minimum atomic E-state index is -0.0979. The molecule has 0 saturated carbocycles. The van der Waals surface area contributed by atoms with Gasteiger partial charge in [0.2, 0.25) is 0 Å². The molecule has 1 fully saturated rings. The first-order chi connectivity index (χ1) is 6.83. The maximum Gasteiger partial charge on any atom is 0.306 e. The van der Waals surface area contributed by atoms with E-state index >= 15 is 0 Å². The Balaban J connectivity index is 0.00000196. The Morgan fingerprint density at radius 3 is 3.00 bits per heavy atom. The third kappa shape index (κ3) is 7.03. The molecule has 0 spiro atoms. The number of piperidine rings is 1. The maximum absolute atomic E-state index is 10.8. The molecule has 1 aliphatic heterocycles. The van der Waals surface area contributed by atoms with Crippen LogP contribution in [-0.2, 0) is 9.53 Å². The molecule has 1 aliphatic rings. The van der Waals surface area contributed by atoms with Crippen LogP contribution in [-0.4, -0.2) is 37.7 Å². The Labute approximate surface area is 102 Å². The van der Waals surface area contributed by atoms with E-state index in [2.05, 4.69) is 10.1 Å². The number of carbonyl (C=O) groups excluding carboxylic acids is 1. The number of nitrogens with one attached hydrogen (secondary N) is 1. The second-order valence-electron chi connectivity index (χ2n) is 3.61. The second kappa shape index (κ2) is 9.31. The van der Waals surface area contributed by atoms with E-state index in [1.54, 1.807) is 0 Å². The number of thioether (sulfide) groups is 1. The molecule has 3 nitrogen and oxygen atoms in total. The number of hydrogen-bond acceptors (Lipinski definition) is 4. The van der Waals surface area contributed by atoms with Gasteiger partial charge in [0.15, 0.2) is 0 Å². The van der Waals surface area contributed by atoms with Gasteiger partial charge in [-0.2, -0.15) is 11.8 Å². The van der Waals surface area contributed by atoms with Crippen molar-refractivity contribution in [3.63, 3.8) is 0 Å². The first-order valence-corrected chi connectivity index (χ1v) is 6.33. The van der Waals surface area contributed by atoms with Crippen LogP contribution in [0.1, 0.15) is 19.3 Å². The van der Waals surface area contributed by atoms with Gasteiger partial charge in [-0.15, -0.1) is 12.4 Å². The number of ether oxygens (including phenoxy) is 1. The van der Waals surface area contributed by atoms with Crippen molar-refractivity contribution in [2.45, 2.75) is 19.3 Å². The normalized spacial score (nSPS) is 20.5. The Morgan fingerprint density at radius 1 is 1.60 bits per heavy atom. The average molecular weight is 254 g/mol. The SMILES string of the molecule is COC(=O)CCSCC1CCCNC1.Cl. The Hall–Kier alpha value is 0.0700. The number of carbonyl (C=O) groups is 1. The van der Waals surface area contributed by atoms with Crippen LogP contribution in [0.2, 0.25) is 0 Å². The largest absolute Gasteiger partial charge is 0.469 e. The van der Waals surface area contributed by atoms with Gasteiger partial charge < -0.3 is 10.1 Å². The molecule has 1 saturated heterocycles. The van der Waals surface area contributed by atoms with Crippen LogP contribution in [0.15, 0.2) is 0 Å². The van der Waals surface area contributed by atoms with E-state index in [1.165, 1.54) is 32.2 Å². The Morgan fingerprint density at radius 2 is 2.40 bits per heavy atom. The van der Waals surface area contributed by atoms with Gasteiger partial charge in [-0.05, 0) is 37.6 Å². The van der Waals surface area contributed by atoms with Crippen LogP contribution in [0, 0.1) is 5.92 Å². The summed E-state index contributed by atoms with van der Waals surface area (Å²) in [5.41, 5.74) is 0. The van der Waals surface area contributed by atoms with E-state index < -0.39 is 0 Å². The van der Waals surface area contributed by atoms with E-state index in [9.17, 15) is 4.79 Å². The molecular formula is C10H20ClNO2S. The van der Waals surface area contributed by atoms with E-state index in [-0.39, 0.29) is 18.4 Å². The molecule has 1 N–H and O–H groups in total. The molecule has 1 heterocycles. The predicted molar refractivity (Wildman–Crippen MR) is 66.8 cm³/mol. The molecule has 0 bridgehead atoms. The summed E-state index contributed by atoms with van der Waals surface area (Å²) in [5.74, 6) is 2.76. The molecule has 5 heteroatoms. The molecule has 0 aromatic rings. The molecule has 90 valence electrons. The van der Waals surface area contributed by atoms with Crippen molar-refractivity contribution in [1.82, 2.24) is 5.32 Å². The van der Waals surface area contributed by atoms with E-state index in [0.717, 1.165) is 18.2 Å². The number of methoxy groups -OCH3 is 1. The fourth-order valence-electron chi connectivity index (χ4n) is 1.57. The fourth-order valence-corrected chi connectivity index (χ4v) is 2.67. The van der Waals surface area contributed by atoms with Crippen LogP contribution in [0.25, 0.3) is 0 Å². The molecule has 1 atom stereocenters. The standard InChI is InChI=1S/C10H19NO2S.ClH/c1-13-10(12)4-6-14-8-9-3-2-5-11-7-9;/h9,11H,2-8H2,1H3;1H. The highest BCUT2D eigenvalue weighted by Crippen LogP contribution is 2.16. The summed E-state index contributed by atoms with van der Waals surface area (Å²) in [4.78, 5) is 10.8. The topological polar surface area (TPSA) is 38.3 Å². The summed E-state index contributed by atoms with van der Waals surface area (Å²) in [6.07, 6.45) is 3.17. The minimum Gasteiger partial charge on any atom is -0.469 e. The molecule has 0 amide bonds. The number of hydrogen-bond donors (Lipinski definition) is 1. The lowest BCUT2D eigenvalue weighted by molar-refractivity contribution is -0.140. The average Bonchev–Trinajstić information content (AvgIpc) is 2.25. The fraction of sp³-hybridized carbons (Fsp3) is 0.900. The molecular weight excluding hydrogens is 234 g/mol. The lowest BCUT2D eigenvalue weighted by Gasteiger charge is -2.22. The summed E-state index contributed by atoms with van der Waals surface area (Å²) in [5, 5.41) is 3.39. The Bertz CT molecular complexity index is 175. The van der Waals surface area contributed by atoms with Crippen molar-refractivity contribution >= 4 is 30.1 Å². The minimum absolute atomic E-state index is 0. The van der Waals surface area contributed by atoms with E-state index in [1.807, 2.05) is 11.8 Å². The van der Waals surface area contributed by atoms with Gasteiger partial charge in [0, 0.05) is 5.75 Å². The number of rotatable bonds is 5. The monoisotopic (exact) mass is 253 g/mol. The zero-order chi connectivity index (χ0) is 10.2. The van der Waals surface area contributed by atoms with Crippen LogP contribution in [0.3, 0.4) is 0 Å².